The van der Waals surface area contributed by atoms with E-state index in [9.17, 15) is 0 Å². The monoisotopic (exact) mass is 856 g/mol. The predicted octanol–water partition coefficient (Wildman–Crippen LogP) is 10.1. The number of ether oxygens (including phenoxy) is 4. The van der Waals surface area contributed by atoms with Gasteiger partial charge in [0.05, 0.1) is 48.5 Å². The Morgan fingerprint density at radius 1 is 0.609 bits per heavy atom. The van der Waals surface area contributed by atoms with E-state index in [0.29, 0.717) is 46.3 Å². The first-order valence-electron chi connectivity index (χ1n) is 23.4. The van der Waals surface area contributed by atoms with Gasteiger partial charge in [0.25, 0.3) is 0 Å². The van der Waals surface area contributed by atoms with Gasteiger partial charge in [-0.25, -0.2) is 0 Å². The van der Waals surface area contributed by atoms with E-state index < -0.39 is 12.2 Å². The van der Waals surface area contributed by atoms with Crippen molar-refractivity contribution in [3.63, 3.8) is 0 Å². The molecule has 13 rings (SSSR count). The van der Waals surface area contributed by atoms with Crippen LogP contribution < -0.4 is 18.9 Å². The molecule has 10 atom stereocenters. The van der Waals surface area contributed by atoms with E-state index in [1.807, 2.05) is 85.2 Å². The number of hydrogen-bond donors (Lipinski definition) is 0. The molecule has 6 fully saturated rings. The fraction of sp³-hybridized carbons (Fsp3) is 0.407. The lowest BCUT2D eigenvalue weighted by Crippen LogP contribution is -2.56. The van der Waals surface area contributed by atoms with Crippen LogP contribution in [0.1, 0.15) is 108 Å². The number of fused-ring (bicyclic) bond motifs is 10. The lowest BCUT2D eigenvalue weighted by atomic mass is 9.72. The van der Waals surface area contributed by atoms with E-state index in [1.54, 1.807) is 26.4 Å². The van der Waals surface area contributed by atoms with E-state index in [-0.39, 0.29) is 34.8 Å². The van der Waals surface area contributed by atoms with E-state index in [2.05, 4.69) is 23.6 Å². The first-order chi connectivity index (χ1) is 31.3. The van der Waals surface area contributed by atoms with E-state index >= 15 is 9.59 Å². The van der Waals surface area contributed by atoms with Gasteiger partial charge in [0.2, 0.25) is 0 Å². The molecule has 10 heteroatoms. The molecule has 328 valence electrons. The molecule has 6 aliphatic heterocycles. The Bertz CT molecular complexity index is 2600. The van der Waals surface area contributed by atoms with Crippen LogP contribution >= 0.6 is 0 Å². The normalized spacial score (nSPS) is 26.6. The van der Waals surface area contributed by atoms with Crippen molar-refractivity contribution in [1.29, 1.82) is 0 Å². The van der Waals surface area contributed by atoms with Crippen molar-refractivity contribution >= 4 is 33.4 Å². The topological polar surface area (TPSA) is 103 Å². The van der Waals surface area contributed by atoms with Crippen LogP contribution in [0.25, 0.3) is 21.8 Å². The fourth-order valence-corrected chi connectivity index (χ4v) is 12.3. The second-order valence-corrected chi connectivity index (χ2v) is 18.7. The predicted molar refractivity (Wildman–Crippen MR) is 247 cm³/mol. The molecule has 0 amide bonds. The van der Waals surface area contributed by atoms with E-state index in [0.717, 1.165) is 109 Å². The zero-order valence-electron chi connectivity index (χ0n) is 37.2. The number of aromatic nitrogens is 2. The number of rotatable bonds is 12. The van der Waals surface area contributed by atoms with Crippen molar-refractivity contribution in [2.45, 2.75) is 76.7 Å². The molecular formula is C54H56N4O6. The van der Waals surface area contributed by atoms with Gasteiger partial charge in [-0.1, -0.05) is 51.0 Å². The number of nitrogens with zero attached hydrogens (tertiary/aromatic N) is 4. The third kappa shape index (κ3) is 6.83. The lowest BCUT2D eigenvalue weighted by molar-refractivity contribution is -0.0493. The highest BCUT2D eigenvalue weighted by Gasteiger charge is 2.47. The number of methoxy groups -OCH3 is 2. The molecule has 6 aromatic rings. The van der Waals surface area contributed by atoms with Crippen molar-refractivity contribution in [2.24, 2.45) is 23.7 Å². The molecule has 4 bridgehead atoms. The average Bonchev–Trinajstić information content (AvgIpc) is 3.36. The van der Waals surface area contributed by atoms with Crippen molar-refractivity contribution in [1.82, 2.24) is 19.8 Å². The molecule has 1 aliphatic carbocycles. The third-order valence-electron chi connectivity index (χ3n) is 15.7. The van der Waals surface area contributed by atoms with Gasteiger partial charge >= 0.3 is 0 Å². The SMILES string of the molecule is CCC1CN2CCC1C[C@@H]2[C@@H](Oc1ccc(OC(c2ccnc3ccc(OC)cc23)[C@@H]2CC3CCN2CC3CC)c2c1C(=O)c1ccccc1C2=O)c1ccnc2ccc(OC)cc12. The number of benzene rings is 4. The Balaban J connectivity index is 1.07. The van der Waals surface area contributed by atoms with Gasteiger partial charge in [0, 0.05) is 58.5 Å². The van der Waals surface area contributed by atoms with Crippen molar-refractivity contribution in [3.05, 3.63) is 131 Å². The van der Waals surface area contributed by atoms with E-state index in [1.165, 1.54) is 0 Å². The first kappa shape index (κ1) is 40.9. The molecule has 0 radical (unpaired) electrons. The van der Waals surface area contributed by atoms with Gasteiger partial charge in [-0.05, 0) is 123 Å². The van der Waals surface area contributed by atoms with Crippen molar-refractivity contribution in [2.75, 3.05) is 40.4 Å². The maximum absolute atomic E-state index is 15.1. The first-order valence-corrected chi connectivity index (χ1v) is 23.4. The minimum absolute atomic E-state index is 0.0377. The van der Waals surface area contributed by atoms with Crippen molar-refractivity contribution < 1.29 is 28.5 Å². The van der Waals surface area contributed by atoms with Gasteiger partial charge in [-0.2, -0.15) is 0 Å². The molecule has 0 spiro atoms. The third-order valence-corrected chi connectivity index (χ3v) is 15.7. The van der Waals surface area contributed by atoms with Crippen LogP contribution in [0.3, 0.4) is 0 Å². The van der Waals surface area contributed by atoms with Gasteiger partial charge < -0.3 is 18.9 Å². The number of carbonyl (C=O) groups excluding carboxylic acids is 2. The summed E-state index contributed by atoms with van der Waals surface area (Å²) in [4.78, 5) is 45.0. The largest absolute Gasteiger partial charge is 0.497 e. The van der Waals surface area contributed by atoms with Crippen LogP contribution in [0.2, 0.25) is 0 Å². The number of piperidine rings is 6. The molecule has 10 nitrogen and oxygen atoms in total. The summed E-state index contributed by atoms with van der Waals surface area (Å²) in [6, 6.07) is 27.0. The Morgan fingerprint density at radius 2 is 1.06 bits per heavy atom. The van der Waals surface area contributed by atoms with E-state index in [4.69, 9.17) is 28.9 Å². The smallest absolute Gasteiger partial charge is 0.198 e. The number of ketones is 2. The van der Waals surface area contributed by atoms with Gasteiger partial charge in [-0.15, -0.1) is 0 Å². The molecule has 6 saturated heterocycles. The maximum Gasteiger partial charge on any atom is 0.198 e. The lowest BCUT2D eigenvalue weighted by Gasteiger charge is -2.52. The summed E-state index contributed by atoms with van der Waals surface area (Å²) in [6.07, 6.45) is 9.30. The average molecular weight is 857 g/mol. The Labute approximate surface area is 374 Å². The molecule has 0 saturated carbocycles. The summed E-state index contributed by atoms with van der Waals surface area (Å²) >= 11 is 0. The van der Waals surface area contributed by atoms with Crippen LogP contribution in [-0.4, -0.2) is 83.8 Å². The number of hydrogen-bond acceptors (Lipinski definition) is 10. The summed E-state index contributed by atoms with van der Waals surface area (Å²) in [5, 5.41) is 1.88. The summed E-state index contributed by atoms with van der Waals surface area (Å²) in [7, 11) is 3.35. The molecule has 2 aromatic heterocycles. The van der Waals surface area contributed by atoms with Gasteiger partial charge in [-0.3, -0.25) is 29.4 Å². The highest BCUT2D eigenvalue weighted by molar-refractivity contribution is 6.30. The van der Waals surface area contributed by atoms with Crippen LogP contribution in [0.4, 0.5) is 0 Å². The standard InChI is InChI=1S/C54H56N4O6/c1-5-31-29-57-23-19-33(31)25-45(57)53(39-17-21-55-43-13-11-35(61-3)27-41(39)43)63-47-15-16-48(50-49(47)51(59)37-9-7-8-10-38(37)52(50)60)64-54(46-26-34-20-24-58(46)30-32(34)6-2)40-18-22-56-44-14-12-36(62-4)28-42(40)44/h7-18,21-22,27-28,31-34,45-46,53-54H,5-6,19-20,23-26,29-30H2,1-4H3/t31?,32?,33?,34?,45-,46+,53+,54?/m1/s1. The second-order valence-electron chi connectivity index (χ2n) is 18.7. The highest BCUT2D eigenvalue weighted by Crippen LogP contribution is 2.49. The molecule has 0 N–H and O–H groups in total. The molecule has 8 heterocycles. The molecular weight excluding hydrogens is 801 g/mol. The maximum atomic E-state index is 15.1. The summed E-state index contributed by atoms with van der Waals surface area (Å²) < 4.78 is 26.3. The van der Waals surface area contributed by atoms with Crippen molar-refractivity contribution in [3.8, 4) is 23.0 Å². The summed E-state index contributed by atoms with van der Waals surface area (Å²) in [5.41, 5.74) is 4.87. The van der Waals surface area contributed by atoms with Crippen LogP contribution in [0.5, 0.6) is 23.0 Å². The summed E-state index contributed by atoms with van der Waals surface area (Å²) in [6.45, 7) is 8.58. The number of carbonyl (C=O) groups is 2. The Morgan fingerprint density at radius 3 is 1.45 bits per heavy atom. The van der Waals surface area contributed by atoms with Crippen LogP contribution in [-0.2, 0) is 0 Å². The minimum atomic E-state index is -0.475. The Hall–Kier alpha value is -5.84. The van der Waals surface area contributed by atoms with Crippen LogP contribution in [0, 0.1) is 23.7 Å². The number of pyridine rings is 2. The zero-order chi connectivity index (χ0) is 43.6. The zero-order valence-corrected chi connectivity index (χ0v) is 37.2. The molecule has 64 heavy (non-hydrogen) atoms. The molecule has 7 aliphatic rings. The quantitative estimate of drug-likeness (QED) is 0.118. The van der Waals surface area contributed by atoms with Gasteiger partial charge in [0.1, 0.15) is 35.2 Å². The fourth-order valence-electron chi connectivity index (χ4n) is 12.3. The molecule has 4 aromatic carbocycles. The van der Waals surface area contributed by atoms with Crippen LogP contribution in [0.15, 0.2) is 97.3 Å². The summed E-state index contributed by atoms with van der Waals surface area (Å²) in [5.74, 6) is 4.15. The second kappa shape index (κ2) is 16.6. The minimum Gasteiger partial charge on any atom is -0.497 e. The Kier molecular flexibility index (Phi) is 10.6. The highest BCUT2D eigenvalue weighted by atomic mass is 16.5. The van der Waals surface area contributed by atoms with Gasteiger partial charge in [0.15, 0.2) is 11.6 Å². The molecule has 7 unspecified atom stereocenters.